The molecule has 4 aromatic rings. The van der Waals surface area contributed by atoms with Gasteiger partial charge >= 0.3 is 0 Å². The van der Waals surface area contributed by atoms with Gasteiger partial charge in [0.2, 0.25) is 0 Å². The zero-order valence-corrected chi connectivity index (χ0v) is 13.6. The average molecular weight is 332 g/mol. The minimum Gasteiger partial charge on any atom is -0.455 e. The third-order valence-electron chi connectivity index (χ3n) is 3.71. The van der Waals surface area contributed by atoms with Crippen molar-refractivity contribution < 1.29 is 4.74 Å². The Kier molecular flexibility index (Phi) is 3.96. The van der Waals surface area contributed by atoms with Crippen LogP contribution in [0.1, 0.15) is 6.92 Å². The highest BCUT2D eigenvalue weighted by atomic mass is 16.5. The van der Waals surface area contributed by atoms with Crippen molar-refractivity contribution in [3.63, 3.8) is 0 Å². The number of rotatable bonds is 5. The van der Waals surface area contributed by atoms with Crippen LogP contribution in [-0.2, 0) is 6.54 Å². The van der Waals surface area contributed by atoms with Crippen molar-refractivity contribution in [1.82, 2.24) is 25.0 Å². The second-order valence-electron chi connectivity index (χ2n) is 5.34. The maximum Gasteiger partial charge on any atom is 0.183 e. The molecule has 0 bridgehead atoms. The molecule has 0 saturated carbocycles. The Morgan fingerprint density at radius 3 is 2.64 bits per heavy atom. The maximum absolute atomic E-state index is 5.97. The van der Waals surface area contributed by atoms with E-state index in [0.717, 1.165) is 11.4 Å². The summed E-state index contributed by atoms with van der Waals surface area (Å²) < 4.78 is 7.70. The summed E-state index contributed by atoms with van der Waals surface area (Å²) in [5.74, 6) is 2.05. The standard InChI is InChI=1S/C18H16N6O/c1-2-24-18-16(22-23-24)17(19-12-20-18)21-14-10-6-7-11-15(14)25-13-8-4-3-5-9-13/h3-12H,2H2,1H3,(H,19,20,21). The Balaban J connectivity index is 1.69. The molecule has 0 aliphatic heterocycles. The lowest BCUT2D eigenvalue weighted by Gasteiger charge is -2.12. The highest BCUT2D eigenvalue weighted by Gasteiger charge is 2.13. The Bertz CT molecular complexity index is 999. The third-order valence-corrected chi connectivity index (χ3v) is 3.71. The van der Waals surface area contributed by atoms with Gasteiger partial charge in [0.25, 0.3) is 0 Å². The second kappa shape index (κ2) is 6.56. The van der Waals surface area contributed by atoms with Gasteiger partial charge in [0.15, 0.2) is 22.7 Å². The van der Waals surface area contributed by atoms with Crippen molar-refractivity contribution in [3.05, 3.63) is 60.9 Å². The fourth-order valence-electron chi connectivity index (χ4n) is 2.50. The summed E-state index contributed by atoms with van der Waals surface area (Å²) in [5, 5.41) is 11.6. The van der Waals surface area contributed by atoms with Crippen LogP contribution in [-0.4, -0.2) is 25.0 Å². The fourth-order valence-corrected chi connectivity index (χ4v) is 2.50. The summed E-state index contributed by atoms with van der Waals surface area (Å²) in [7, 11) is 0. The van der Waals surface area contributed by atoms with Crippen molar-refractivity contribution in [2.24, 2.45) is 0 Å². The number of fused-ring (bicyclic) bond motifs is 1. The number of benzene rings is 2. The minimum absolute atomic E-state index is 0.591. The van der Waals surface area contributed by atoms with Crippen LogP contribution in [0.2, 0.25) is 0 Å². The summed E-state index contributed by atoms with van der Waals surface area (Å²) in [5.41, 5.74) is 2.11. The van der Waals surface area contributed by atoms with Crippen LogP contribution in [0.3, 0.4) is 0 Å². The minimum atomic E-state index is 0.591. The predicted molar refractivity (Wildman–Crippen MR) is 95.0 cm³/mol. The van der Waals surface area contributed by atoms with Crippen molar-refractivity contribution >= 4 is 22.7 Å². The molecule has 7 nitrogen and oxygen atoms in total. The van der Waals surface area contributed by atoms with Gasteiger partial charge in [-0.2, -0.15) is 0 Å². The maximum atomic E-state index is 5.97. The number of ether oxygens (including phenoxy) is 1. The first-order chi connectivity index (χ1) is 12.3. The smallest absolute Gasteiger partial charge is 0.183 e. The molecule has 2 aromatic carbocycles. The molecule has 25 heavy (non-hydrogen) atoms. The number of anilines is 2. The molecular formula is C18H16N6O. The molecule has 2 aromatic heterocycles. The SMILES string of the molecule is CCn1nnc2c(Nc3ccccc3Oc3ccccc3)ncnc21. The summed E-state index contributed by atoms with van der Waals surface area (Å²) in [4.78, 5) is 8.56. The number of para-hydroxylation sites is 3. The van der Waals surface area contributed by atoms with Gasteiger partial charge in [0, 0.05) is 6.54 Å². The first kappa shape index (κ1) is 15.1. The fraction of sp³-hybridized carbons (Fsp3) is 0.111. The molecule has 0 unspecified atom stereocenters. The van der Waals surface area contributed by atoms with Crippen LogP contribution in [0.25, 0.3) is 11.2 Å². The van der Waals surface area contributed by atoms with Gasteiger partial charge in [-0.1, -0.05) is 35.5 Å². The normalized spacial score (nSPS) is 10.8. The molecule has 0 fully saturated rings. The molecule has 0 amide bonds. The Labute approximate surface area is 144 Å². The molecule has 0 spiro atoms. The summed E-state index contributed by atoms with van der Waals surface area (Å²) in [6, 6.07) is 17.3. The van der Waals surface area contributed by atoms with Gasteiger partial charge in [0.1, 0.15) is 12.1 Å². The molecule has 0 aliphatic rings. The van der Waals surface area contributed by atoms with E-state index >= 15 is 0 Å². The number of nitrogens with zero attached hydrogens (tertiary/aromatic N) is 5. The number of hydrogen-bond acceptors (Lipinski definition) is 6. The van der Waals surface area contributed by atoms with E-state index in [1.807, 2.05) is 61.5 Å². The van der Waals surface area contributed by atoms with Crippen LogP contribution in [0.15, 0.2) is 60.9 Å². The number of hydrogen-bond donors (Lipinski definition) is 1. The lowest BCUT2D eigenvalue weighted by molar-refractivity contribution is 0.485. The molecule has 0 saturated heterocycles. The van der Waals surface area contributed by atoms with E-state index in [1.54, 1.807) is 4.68 Å². The molecule has 4 rings (SSSR count). The van der Waals surface area contributed by atoms with E-state index < -0.39 is 0 Å². The highest BCUT2D eigenvalue weighted by molar-refractivity contribution is 5.85. The lowest BCUT2D eigenvalue weighted by Crippen LogP contribution is -2.00. The molecule has 0 radical (unpaired) electrons. The highest BCUT2D eigenvalue weighted by Crippen LogP contribution is 2.32. The van der Waals surface area contributed by atoms with Crippen molar-refractivity contribution in [3.8, 4) is 11.5 Å². The van der Waals surface area contributed by atoms with E-state index in [9.17, 15) is 0 Å². The van der Waals surface area contributed by atoms with Gasteiger partial charge < -0.3 is 10.1 Å². The number of nitrogens with one attached hydrogen (secondary N) is 1. The van der Waals surface area contributed by atoms with E-state index in [0.29, 0.717) is 29.3 Å². The first-order valence-corrected chi connectivity index (χ1v) is 7.98. The molecule has 0 atom stereocenters. The lowest BCUT2D eigenvalue weighted by atomic mass is 10.2. The van der Waals surface area contributed by atoms with Gasteiger partial charge in [-0.3, -0.25) is 0 Å². The van der Waals surface area contributed by atoms with Crippen LogP contribution in [0.4, 0.5) is 11.5 Å². The zero-order valence-electron chi connectivity index (χ0n) is 13.6. The van der Waals surface area contributed by atoms with E-state index in [2.05, 4.69) is 25.6 Å². The van der Waals surface area contributed by atoms with Crippen molar-refractivity contribution in [1.29, 1.82) is 0 Å². The molecular weight excluding hydrogens is 316 g/mol. The Hall–Kier alpha value is -3.48. The van der Waals surface area contributed by atoms with Gasteiger partial charge in [-0.05, 0) is 31.2 Å². The monoisotopic (exact) mass is 332 g/mol. The first-order valence-electron chi connectivity index (χ1n) is 7.98. The summed E-state index contributed by atoms with van der Waals surface area (Å²) in [6.45, 7) is 2.69. The van der Waals surface area contributed by atoms with Crippen molar-refractivity contribution in [2.75, 3.05) is 5.32 Å². The molecule has 124 valence electrons. The van der Waals surface area contributed by atoms with Crippen LogP contribution < -0.4 is 10.1 Å². The number of aromatic nitrogens is 5. The van der Waals surface area contributed by atoms with Crippen LogP contribution >= 0.6 is 0 Å². The van der Waals surface area contributed by atoms with E-state index in [4.69, 9.17) is 4.74 Å². The molecule has 0 aliphatic carbocycles. The van der Waals surface area contributed by atoms with Gasteiger partial charge in [-0.25, -0.2) is 14.6 Å². The topological polar surface area (TPSA) is 77.8 Å². The summed E-state index contributed by atoms with van der Waals surface area (Å²) in [6.07, 6.45) is 1.50. The second-order valence-corrected chi connectivity index (χ2v) is 5.34. The third kappa shape index (κ3) is 2.99. The van der Waals surface area contributed by atoms with Crippen LogP contribution in [0.5, 0.6) is 11.5 Å². The Morgan fingerprint density at radius 2 is 1.80 bits per heavy atom. The predicted octanol–water partition coefficient (Wildman–Crippen LogP) is 3.78. The van der Waals surface area contributed by atoms with Gasteiger partial charge in [-0.15, -0.1) is 5.10 Å². The largest absolute Gasteiger partial charge is 0.455 e. The molecule has 2 heterocycles. The van der Waals surface area contributed by atoms with E-state index in [1.165, 1.54) is 6.33 Å². The van der Waals surface area contributed by atoms with Crippen LogP contribution in [0, 0.1) is 0 Å². The zero-order chi connectivity index (χ0) is 17.1. The quantitative estimate of drug-likeness (QED) is 0.599. The van der Waals surface area contributed by atoms with Gasteiger partial charge in [0.05, 0.1) is 5.69 Å². The molecule has 7 heteroatoms. The van der Waals surface area contributed by atoms with Crippen molar-refractivity contribution in [2.45, 2.75) is 13.5 Å². The summed E-state index contributed by atoms with van der Waals surface area (Å²) >= 11 is 0. The molecule has 1 N–H and O–H groups in total. The number of aryl methyl sites for hydroxylation is 1. The average Bonchev–Trinajstić information content (AvgIpc) is 3.08. The Morgan fingerprint density at radius 1 is 1.00 bits per heavy atom. The van der Waals surface area contributed by atoms with E-state index in [-0.39, 0.29) is 0 Å².